The van der Waals surface area contributed by atoms with E-state index in [1.807, 2.05) is 41.5 Å². The van der Waals surface area contributed by atoms with Crippen LogP contribution in [0.15, 0.2) is 47.5 Å². The van der Waals surface area contributed by atoms with E-state index in [0.717, 1.165) is 5.56 Å². The smallest absolute Gasteiger partial charge is 0.473 e. The molecular weight excluding hydrogens is 549 g/mol. The third-order valence-corrected chi connectivity index (χ3v) is 7.25. The third-order valence-electron chi connectivity index (χ3n) is 7.25. The summed E-state index contributed by atoms with van der Waals surface area (Å²) in [5, 5.41) is 11.1. The van der Waals surface area contributed by atoms with Crippen molar-refractivity contribution in [1.82, 2.24) is 4.90 Å². The topological polar surface area (TPSA) is 96.3 Å². The van der Waals surface area contributed by atoms with Crippen LogP contribution in [0.5, 0.6) is 5.75 Å². The molecule has 0 aromatic heterocycles. The van der Waals surface area contributed by atoms with Gasteiger partial charge in [-0.2, -0.15) is 18.2 Å². The molecule has 1 heterocycles. The second-order valence-electron chi connectivity index (χ2n) is 12.6. The fourth-order valence-corrected chi connectivity index (χ4v) is 5.13. The number of aromatic hydroxyl groups is 1. The van der Waals surface area contributed by atoms with Crippen molar-refractivity contribution < 1.29 is 37.4 Å². The maximum atomic E-state index is 13.9. The van der Waals surface area contributed by atoms with Crippen molar-refractivity contribution in [2.24, 2.45) is 10.9 Å². The van der Waals surface area contributed by atoms with Crippen LogP contribution in [-0.4, -0.2) is 58.9 Å². The molecular formula is C32H39F3N2O5. The summed E-state index contributed by atoms with van der Waals surface area (Å²) >= 11 is 0. The zero-order valence-electron chi connectivity index (χ0n) is 25.1. The molecule has 0 radical (unpaired) electrons. The molecule has 0 spiro atoms. The van der Waals surface area contributed by atoms with Crippen molar-refractivity contribution in [3.8, 4) is 5.75 Å². The SMILES string of the molecule is CCOC(=O)C1C[C@H](Cc2ccccc2)C(=NC(=O)C(F)(F)F)N1CC(=O)c1cc(C(C)(C)C)c(O)c(C(C)(C)C)c1. The molecule has 1 fully saturated rings. The van der Waals surface area contributed by atoms with Crippen molar-refractivity contribution in [3.05, 3.63) is 64.7 Å². The fourth-order valence-electron chi connectivity index (χ4n) is 5.13. The Morgan fingerprint density at radius 1 is 0.976 bits per heavy atom. The lowest BCUT2D eigenvalue weighted by atomic mass is 9.78. The van der Waals surface area contributed by atoms with E-state index in [4.69, 9.17) is 4.74 Å². The van der Waals surface area contributed by atoms with E-state index >= 15 is 0 Å². The van der Waals surface area contributed by atoms with Crippen molar-refractivity contribution in [2.75, 3.05) is 13.2 Å². The number of carbonyl (C=O) groups is 3. The minimum atomic E-state index is -5.23. The van der Waals surface area contributed by atoms with Gasteiger partial charge in [-0.25, -0.2) is 4.79 Å². The van der Waals surface area contributed by atoms with Crippen molar-refractivity contribution in [2.45, 2.75) is 84.4 Å². The molecule has 10 heteroatoms. The predicted molar refractivity (Wildman–Crippen MR) is 154 cm³/mol. The summed E-state index contributed by atoms with van der Waals surface area (Å²) in [5.41, 5.74) is 0.989. The number of hydrogen-bond acceptors (Lipinski definition) is 5. The second kappa shape index (κ2) is 12.3. The molecule has 2 aromatic rings. The first kappa shape index (κ1) is 32.8. The number of Topliss-reactive ketones (excluding diaryl/α,β-unsaturated/α-hetero) is 1. The lowest BCUT2D eigenvalue weighted by molar-refractivity contribution is -0.169. The molecule has 1 N–H and O–H groups in total. The van der Waals surface area contributed by atoms with Gasteiger partial charge in [0.15, 0.2) is 5.78 Å². The van der Waals surface area contributed by atoms with E-state index in [2.05, 4.69) is 4.99 Å². The Morgan fingerprint density at radius 3 is 2.00 bits per heavy atom. The third kappa shape index (κ3) is 7.57. The highest BCUT2D eigenvalue weighted by atomic mass is 19.4. The number of rotatable bonds is 7. The number of phenols is 1. The normalized spacial score (nSPS) is 18.8. The molecule has 228 valence electrons. The molecule has 1 aliphatic heterocycles. The zero-order valence-corrected chi connectivity index (χ0v) is 25.1. The molecule has 1 aliphatic rings. The number of ether oxygens (including phenoxy) is 1. The standard InChI is InChI=1S/C32H39F3N2O5/c1-8-42-28(40)24-17-21(14-19-12-10-9-11-13-19)27(36-29(41)32(33,34)35)37(24)18-25(38)20-15-22(30(2,3)4)26(39)23(16-20)31(5,6)7/h9-13,15-16,21,24,39H,8,14,17-18H2,1-7H3/t21-,24?/m0/s1. The van der Waals surface area contributed by atoms with Gasteiger partial charge in [0.1, 0.15) is 17.6 Å². The highest BCUT2D eigenvalue weighted by molar-refractivity contribution is 6.05. The molecule has 0 aliphatic carbocycles. The Morgan fingerprint density at radius 2 is 1.52 bits per heavy atom. The van der Waals surface area contributed by atoms with E-state index < -0.39 is 53.2 Å². The minimum absolute atomic E-state index is 0.0149. The molecule has 2 aromatic carbocycles. The summed E-state index contributed by atoms with van der Waals surface area (Å²) < 4.78 is 45.4. The second-order valence-corrected chi connectivity index (χ2v) is 12.6. The van der Waals surface area contributed by atoms with Gasteiger partial charge in [0, 0.05) is 22.6 Å². The van der Waals surface area contributed by atoms with Gasteiger partial charge >= 0.3 is 18.1 Å². The number of ketones is 1. The number of amidine groups is 1. The van der Waals surface area contributed by atoms with Crippen LogP contribution in [0.2, 0.25) is 0 Å². The molecule has 2 atom stereocenters. The Bertz CT molecular complexity index is 1320. The van der Waals surface area contributed by atoms with Gasteiger partial charge in [0.05, 0.1) is 13.2 Å². The Balaban J connectivity index is 2.14. The van der Waals surface area contributed by atoms with Crippen molar-refractivity contribution in [3.63, 3.8) is 0 Å². The number of esters is 1. The molecule has 7 nitrogen and oxygen atoms in total. The number of hydrogen-bond donors (Lipinski definition) is 1. The van der Waals surface area contributed by atoms with Gasteiger partial charge < -0.3 is 14.7 Å². The highest BCUT2D eigenvalue weighted by Gasteiger charge is 2.46. The van der Waals surface area contributed by atoms with Crippen LogP contribution in [0.25, 0.3) is 0 Å². The van der Waals surface area contributed by atoms with E-state index in [9.17, 15) is 32.7 Å². The monoisotopic (exact) mass is 588 g/mol. The first-order chi connectivity index (χ1) is 19.3. The van der Waals surface area contributed by atoms with Crippen molar-refractivity contribution >= 4 is 23.5 Å². The predicted octanol–water partition coefficient (Wildman–Crippen LogP) is 6.15. The average molecular weight is 589 g/mol. The summed E-state index contributed by atoms with van der Waals surface area (Å²) in [5.74, 6) is -4.50. The number of phenolic OH excluding ortho intramolecular Hbond substituents is 1. The van der Waals surface area contributed by atoms with Gasteiger partial charge in [0.25, 0.3) is 0 Å². The van der Waals surface area contributed by atoms with E-state index in [0.29, 0.717) is 11.1 Å². The van der Waals surface area contributed by atoms with Gasteiger partial charge in [-0.1, -0.05) is 71.9 Å². The first-order valence-corrected chi connectivity index (χ1v) is 13.9. The largest absolute Gasteiger partial charge is 0.507 e. The summed E-state index contributed by atoms with van der Waals surface area (Å²) in [6.45, 7) is 12.5. The highest BCUT2D eigenvalue weighted by Crippen LogP contribution is 2.40. The quantitative estimate of drug-likeness (QED) is 0.308. The van der Waals surface area contributed by atoms with Gasteiger partial charge in [-0.3, -0.25) is 9.59 Å². The van der Waals surface area contributed by atoms with E-state index in [1.165, 1.54) is 4.90 Å². The van der Waals surface area contributed by atoms with Gasteiger partial charge in [-0.15, -0.1) is 0 Å². The summed E-state index contributed by atoms with van der Waals surface area (Å²) in [7, 11) is 0. The number of aliphatic imine (C=N–C) groups is 1. The molecule has 1 amide bonds. The Labute approximate surface area is 244 Å². The number of nitrogens with zero attached hydrogens (tertiary/aromatic N) is 2. The average Bonchev–Trinajstić information content (AvgIpc) is 3.19. The van der Waals surface area contributed by atoms with Crippen molar-refractivity contribution in [1.29, 1.82) is 0 Å². The van der Waals surface area contributed by atoms with Crippen LogP contribution in [0, 0.1) is 5.92 Å². The molecule has 42 heavy (non-hydrogen) atoms. The number of benzene rings is 2. The maximum Gasteiger partial charge on any atom is 0.473 e. The first-order valence-electron chi connectivity index (χ1n) is 13.9. The number of alkyl halides is 3. The van der Waals surface area contributed by atoms with Crippen LogP contribution in [0.4, 0.5) is 13.2 Å². The summed E-state index contributed by atoms with van der Waals surface area (Å²) in [6.07, 6.45) is -5.02. The number of likely N-dealkylation sites (tertiary alicyclic amines) is 1. The van der Waals surface area contributed by atoms with Crippen LogP contribution in [0.1, 0.15) is 81.9 Å². The summed E-state index contributed by atoms with van der Waals surface area (Å²) in [4.78, 5) is 43.6. The molecule has 1 unspecified atom stereocenters. The van der Waals surface area contributed by atoms with Crippen LogP contribution in [-0.2, 0) is 31.6 Å². The van der Waals surface area contributed by atoms with Gasteiger partial charge in [0.2, 0.25) is 0 Å². The Kier molecular flexibility index (Phi) is 9.59. The zero-order chi connectivity index (χ0) is 31.6. The molecule has 3 rings (SSSR count). The van der Waals surface area contributed by atoms with E-state index in [1.54, 1.807) is 49.4 Å². The minimum Gasteiger partial charge on any atom is -0.507 e. The number of halogens is 3. The maximum absolute atomic E-state index is 13.9. The lowest BCUT2D eigenvalue weighted by Crippen LogP contribution is -2.44. The van der Waals surface area contributed by atoms with Crippen LogP contribution < -0.4 is 0 Å². The summed E-state index contributed by atoms with van der Waals surface area (Å²) in [6, 6.07) is 10.9. The molecule has 1 saturated heterocycles. The fraction of sp³-hybridized carbons (Fsp3) is 0.500. The molecule has 0 saturated carbocycles. The molecule has 0 bridgehead atoms. The van der Waals surface area contributed by atoms with Crippen LogP contribution in [0.3, 0.4) is 0 Å². The van der Waals surface area contributed by atoms with E-state index in [-0.39, 0.29) is 36.6 Å². The lowest BCUT2D eigenvalue weighted by Gasteiger charge is -2.29. The van der Waals surface area contributed by atoms with Crippen LogP contribution >= 0.6 is 0 Å². The Hall–Kier alpha value is -3.69. The van der Waals surface area contributed by atoms with Gasteiger partial charge in [-0.05, 0) is 48.3 Å². The number of amides is 1. The number of carbonyl (C=O) groups excluding carboxylic acids is 3.